The fourth-order valence-corrected chi connectivity index (χ4v) is 3.65. The summed E-state index contributed by atoms with van der Waals surface area (Å²) in [5.74, 6) is 0. The first kappa shape index (κ1) is 13.9. The Labute approximate surface area is 121 Å². The van der Waals surface area contributed by atoms with Gasteiger partial charge in [-0.2, -0.15) is 9.40 Å². The van der Waals surface area contributed by atoms with Crippen LogP contribution >= 0.6 is 0 Å². The fraction of sp³-hybridized carbons (Fsp3) is 0.308. The van der Waals surface area contributed by atoms with E-state index in [1.807, 2.05) is 0 Å². The summed E-state index contributed by atoms with van der Waals surface area (Å²) in [6.07, 6.45) is 1.93. The number of sulfonamides is 1. The third-order valence-electron chi connectivity index (χ3n) is 3.44. The van der Waals surface area contributed by atoms with Crippen molar-refractivity contribution in [3.05, 3.63) is 52.1 Å². The lowest BCUT2D eigenvalue weighted by molar-refractivity contribution is 0.381. The summed E-state index contributed by atoms with van der Waals surface area (Å²) >= 11 is 0. The van der Waals surface area contributed by atoms with Crippen molar-refractivity contribution in [1.29, 1.82) is 0 Å². The van der Waals surface area contributed by atoms with E-state index in [-0.39, 0.29) is 17.1 Å². The van der Waals surface area contributed by atoms with Gasteiger partial charge in [-0.1, -0.05) is 6.07 Å². The molecule has 1 aliphatic heterocycles. The Morgan fingerprint density at radius 2 is 2.10 bits per heavy atom. The molecule has 0 radical (unpaired) electrons. The lowest BCUT2D eigenvalue weighted by atomic mass is 10.1. The standard InChI is InChI=1S/C13H14N4O3S/c1-16-13(18)8-10-9-17(7-5-11(10)15-16)21(19,20)12-4-2-3-6-14-12/h2-4,6,8H,5,7,9H2,1H3. The number of aryl methyl sites for hydroxylation is 1. The number of hydrogen-bond acceptors (Lipinski definition) is 5. The summed E-state index contributed by atoms with van der Waals surface area (Å²) in [6.45, 7) is 0.481. The quantitative estimate of drug-likeness (QED) is 0.775. The lowest BCUT2D eigenvalue weighted by Crippen LogP contribution is -2.38. The molecule has 1 aliphatic rings. The molecule has 0 saturated carbocycles. The number of hydrogen-bond donors (Lipinski definition) is 0. The lowest BCUT2D eigenvalue weighted by Gasteiger charge is -2.26. The SMILES string of the molecule is Cn1nc2c(cc1=O)CN(S(=O)(=O)c1ccccn1)CC2. The van der Waals surface area contributed by atoms with Crippen molar-refractivity contribution in [1.82, 2.24) is 19.1 Å². The molecule has 0 saturated heterocycles. The van der Waals surface area contributed by atoms with Crippen LogP contribution in [0.4, 0.5) is 0 Å². The number of pyridine rings is 1. The number of rotatable bonds is 2. The van der Waals surface area contributed by atoms with Gasteiger partial charge in [0.15, 0.2) is 5.03 Å². The van der Waals surface area contributed by atoms with Gasteiger partial charge in [0.25, 0.3) is 15.6 Å². The topological polar surface area (TPSA) is 85.2 Å². The van der Waals surface area contributed by atoms with E-state index in [9.17, 15) is 13.2 Å². The molecule has 0 N–H and O–H groups in total. The molecule has 2 aromatic rings. The molecular weight excluding hydrogens is 292 g/mol. The molecule has 3 heterocycles. The molecule has 7 nitrogen and oxygen atoms in total. The Morgan fingerprint density at radius 1 is 1.29 bits per heavy atom. The molecule has 0 bridgehead atoms. The zero-order valence-corrected chi connectivity index (χ0v) is 12.2. The first-order chi connectivity index (χ1) is 9.98. The molecule has 0 fully saturated rings. The van der Waals surface area contributed by atoms with Crippen molar-refractivity contribution in [2.24, 2.45) is 7.05 Å². The summed E-state index contributed by atoms with van der Waals surface area (Å²) < 4.78 is 27.6. The highest BCUT2D eigenvalue weighted by Crippen LogP contribution is 2.21. The largest absolute Gasteiger partial charge is 0.268 e. The van der Waals surface area contributed by atoms with Crippen LogP contribution in [-0.2, 0) is 30.0 Å². The Balaban J connectivity index is 1.97. The normalized spacial score (nSPS) is 15.7. The summed E-state index contributed by atoms with van der Waals surface area (Å²) in [7, 11) is -2.06. The highest BCUT2D eigenvalue weighted by molar-refractivity contribution is 7.89. The molecule has 21 heavy (non-hydrogen) atoms. The van der Waals surface area contributed by atoms with Crippen LogP contribution in [0.3, 0.4) is 0 Å². The number of fused-ring (bicyclic) bond motifs is 1. The van der Waals surface area contributed by atoms with Crippen LogP contribution in [-0.4, -0.2) is 34.0 Å². The predicted octanol–water partition coefficient (Wildman–Crippen LogP) is -0.0777. The maximum Gasteiger partial charge on any atom is 0.266 e. The van der Waals surface area contributed by atoms with Crippen molar-refractivity contribution in [2.75, 3.05) is 6.54 Å². The molecule has 8 heteroatoms. The third-order valence-corrected chi connectivity index (χ3v) is 5.21. The second-order valence-corrected chi connectivity index (χ2v) is 6.72. The van der Waals surface area contributed by atoms with Gasteiger partial charge >= 0.3 is 0 Å². The number of aromatic nitrogens is 3. The van der Waals surface area contributed by atoms with E-state index >= 15 is 0 Å². The average molecular weight is 306 g/mol. The van der Waals surface area contributed by atoms with Crippen LogP contribution in [0.25, 0.3) is 0 Å². The highest BCUT2D eigenvalue weighted by Gasteiger charge is 2.30. The Hall–Kier alpha value is -2.06. The summed E-state index contributed by atoms with van der Waals surface area (Å²) in [4.78, 5) is 15.5. The first-order valence-electron chi connectivity index (χ1n) is 6.46. The molecule has 0 aliphatic carbocycles. The Bertz CT molecular complexity index is 830. The van der Waals surface area contributed by atoms with Crippen molar-refractivity contribution >= 4 is 10.0 Å². The van der Waals surface area contributed by atoms with Gasteiger partial charge < -0.3 is 0 Å². The van der Waals surface area contributed by atoms with Crippen molar-refractivity contribution < 1.29 is 8.42 Å². The van der Waals surface area contributed by atoms with E-state index in [1.54, 1.807) is 19.2 Å². The summed E-state index contributed by atoms with van der Waals surface area (Å²) in [5, 5.41) is 4.19. The van der Waals surface area contributed by atoms with Gasteiger partial charge in [-0.25, -0.2) is 18.1 Å². The molecule has 110 valence electrons. The zero-order chi connectivity index (χ0) is 15.0. The molecule has 0 unspecified atom stereocenters. The van der Waals surface area contributed by atoms with Gasteiger partial charge in [0.05, 0.1) is 5.69 Å². The molecule has 0 atom stereocenters. The van der Waals surface area contributed by atoms with Gasteiger partial charge in [-0.3, -0.25) is 4.79 Å². The van der Waals surface area contributed by atoms with Crippen molar-refractivity contribution in [2.45, 2.75) is 18.0 Å². The van der Waals surface area contributed by atoms with Crippen molar-refractivity contribution in [3.8, 4) is 0 Å². The molecular formula is C13H14N4O3S. The monoisotopic (exact) mass is 306 g/mol. The minimum Gasteiger partial charge on any atom is -0.268 e. The van der Waals surface area contributed by atoms with E-state index in [4.69, 9.17) is 0 Å². The van der Waals surface area contributed by atoms with Gasteiger partial charge in [0, 0.05) is 38.8 Å². The van der Waals surface area contributed by atoms with Crippen LogP contribution < -0.4 is 5.56 Å². The highest BCUT2D eigenvalue weighted by atomic mass is 32.2. The van der Waals surface area contributed by atoms with E-state index in [0.717, 1.165) is 5.69 Å². The number of nitrogens with zero attached hydrogens (tertiary/aromatic N) is 4. The van der Waals surface area contributed by atoms with Crippen LogP contribution in [0.5, 0.6) is 0 Å². The van der Waals surface area contributed by atoms with E-state index < -0.39 is 10.0 Å². The molecule has 2 aromatic heterocycles. The third kappa shape index (κ3) is 2.47. The van der Waals surface area contributed by atoms with E-state index in [1.165, 1.54) is 27.3 Å². The van der Waals surface area contributed by atoms with Crippen molar-refractivity contribution in [3.63, 3.8) is 0 Å². The molecule has 3 rings (SSSR count). The Morgan fingerprint density at radius 3 is 2.81 bits per heavy atom. The van der Waals surface area contributed by atoms with Gasteiger partial charge in [0.1, 0.15) is 0 Å². The minimum absolute atomic E-state index is 0.0187. The van der Waals surface area contributed by atoms with Gasteiger partial charge in [-0.15, -0.1) is 0 Å². The zero-order valence-electron chi connectivity index (χ0n) is 11.4. The van der Waals surface area contributed by atoms with E-state index in [2.05, 4.69) is 10.1 Å². The van der Waals surface area contributed by atoms with Crippen LogP contribution in [0.2, 0.25) is 0 Å². The first-order valence-corrected chi connectivity index (χ1v) is 7.90. The predicted molar refractivity (Wildman–Crippen MR) is 75.0 cm³/mol. The molecule has 0 spiro atoms. The van der Waals surface area contributed by atoms with Crippen LogP contribution in [0, 0.1) is 0 Å². The maximum absolute atomic E-state index is 12.5. The second-order valence-electron chi connectivity index (χ2n) is 4.83. The fourth-order valence-electron chi connectivity index (χ4n) is 2.30. The Kier molecular flexibility index (Phi) is 3.34. The maximum atomic E-state index is 12.5. The second kappa shape index (κ2) is 5.05. The smallest absolute Gasteiger partial charge is 0.266 e. The van der Waals surface area contributed by atoms with Crippen LogP contribution in [0.15, 0.2) is 40.3 Å². The summed E-state index contributed by atoms with van der Waals surface area (Å²) in [5.41, 5.74) is 1.18. The average Bonchev–Trinajstić information content (AvgIpc) is 2.49. The summed E-state index contributed by atoms with van der Waals surface area (Å²) in [6, 6.07) is 6.21. The minimum atomic E-state index is -3.64. The van der Waals surface area contributed by atoms with Gasteiger partial charge in [0.2, 0.25) is 0 Å². The molecule has 0 amide bonds. The van der Waals surface area contributed by atoms with E-state index in [0.29, 0.717) is 18.5 Å². The van der Waals surface area contributed by atoms with Gasteiger partial charge in [-0.05, 0) is 17.7 Å². The van der Waals surface area contributed by atoms with Crippen LogP contribution in [0.1, 0.15) is 11.3 Å². The molecule has 0 aromatic carbocycles.